The van der Waals surface area contributed by atoms with E-state index in [-0.39, 0.29) is 5.91 Å². The van der Waals surface area contributed by atoms with Crippen molar-refractivity contribution in [2.75, 3.05) is 32.6 Å². The van der Waals surface area contributed by atoms with Crippen molar-refractivity contribution in [3.63, 3.8) is 0 Å². The van der Waals surface area contributed by atoms with E-state index < -0.39 is 0 Å². The number of fused-ring (bicyclic) bond motifs is 1. The van der Waals surface area contributed by atoms with Crippen LogP contribution in [0.2, 0.25) is 0 Å². The number of anilines is 1. The Labute approximate surface area is 156 Å². The molecule has 0 atom stereocenters. The van der Waals surface area contributed by atoms with Crippen LogP contribution < -0.4 is 14.8 Å². The first kappa shape index (κ1) is 18.2. The van der Waals surface area contributed by atoms with Crippen LogP contribution in [-0.2, 0) is 13.0 Å². The van der Waals surface area contributed by atoms with Crippen molar-refractivity contribution >= 4 is 22.2 Å². The van der Waals surface area contributed by atoms with E-state index in [1.807, 2.05) is 0 Å². The molecule has 0 saturated carbocycles. The Morgan fingerprint density at radius 2 is 2.04 bits per heavy atom. The van der Waals surface area contributed by atoms with Crippen molar-refractivity contribution in [2.45, 2.75) is 19.9 Å². The van der Waals surface area contributed by atoms with Gasteiger partial charge < -0.3 is 14.8 Å². The number of nitrogens with zero attached hydrogens (tertiary/aromatic N) is 2. The number of benzene rings is 1. The number of carbonyl (C=O) groups excluding carboxylic acids is 1. The van der Waals surface area contributed by atoms with Crippen LogP contribution in [0.15, 0.2) is 18.2 Å². The Balaban J connectivity index is 1.94. The Morgan fingerprint density at radius 3 is 2.62 bits per heavy atom. The lowest BCUT2D eigenvalue weighted by Crippen LogP contribution is -2.29. The number of nitriles is 1. The minimum absolute atomic E-state index is 0.322. The third-order valence-corrected chi connectivity index (χ3v) is 5.71. The standard InChI is InChI=1S/C19H21N3O3S/c1-4-22-9-8-12-13(10-20)19(26-16(12)11-22)21-18(23)17-14(24-2)6-5-7-15(17)25-3/h5-7H,4,8-9,11H2,1-3H3,(H,21,23). The van der Waals surface area contributed by atoms with Gasteiger partial charge in [0.2, 0.25) is 0 Å². The van der Waals surface area contributed by atoms with Crippen LogP contribution in [0.4, 0.5) is 5.00 Å². The van der Waals surface area contributed by atoms with Gasteiger partial charge in [-0.2, -0.15) is 5.26 Å². The van der Waals surface area contributed by atoms with Gasteiger partial charge >= 0.3 is 0 Å². The molecule has 0 radical (unpaired) electrons. The van der Waals surface area contributed by atoms with Gasteiger partial charge in [0.25, 0.3) is 5.91 Å². The number of amides is 1. The summed E-state index contributed by atoms with van der Waals surface area (Å²) in [5, 5.41) is 13.1. The molecule has 0 saturated heterocycles. The highest BCUT2D eigenvalue weighted by molar-refractivity contribution is 7.16. The second-order valence-corrected chi connectivity index (χ2v) is 7.04. The third kappa shape index (κ3) is 3.26. The Kier molecular flexibility index (Phi) is 5.45. The zero-order valence-electron chi connectivity index (χ0n) is 15.1. The molecule has 3 rings (SSSR count). The molecular formula is C19H21N3O3S. The topological polar surface area (TPSA) is 74.6 Å². The van der Waals surface area contributed by atoms with Gasteiger partial charge in [-0.15, -0.1) is 11.3 Å². The first-order chi connectivity index (χ1) is 12.6. The van der Waals surface area contributed by atoms with Gasteiger partial charge in [-0.25, -0.2) is 0 Å². The summed E-state index contributed by atoms with van der Waals surface area (Å²) in [6, 6.07) is 7.45. The van der Waals surface area contributed by atoms with E-state index >= 15 is 0 Å². The summed E-state index contributed by atoms with van der Waals surface area (Å²) < 4.78 is 10.6. The summed E-state index contributed by atoms with van der Waals surface area (Å²) in [6.45, 7) is 4.85. The lowest BCUT2D eigenvalue weighted by atomic mass is 10.0. The monoisotopic (exact) mass is 371 g/mol. The van der Waals surface area contributed by atoms with Crippen molar-refractivity contribution < 1.29 is 14.3 Å². The molecule has 0 spiro atoms. The van der Waals surface area contributed by atoms with Crippen LogP contribution in [0.5, 0.6) is 11.5 Å². The maximum atomic E-state index is 12.9. The van der Waals surface area contributed by atoms with E-state index in [0.717, 1.165) is 36.5 Å². The Morgan fingerprint density at radius 1 is 1.35 bits per heavy atom. The van der Waals surface area contributed by atoms with Crippen molar-refractivity contribution in [2.24, 2.45) is 0 Å². The maximum absolute atomic E-state index is 12.9. The zero-order chi connectivity index (χ0) is 18.7. The van der Waals surface area contributed by atoms with Gasteiger partial charge in [0, 0.05) is 18.0 Å². The fourth-order valence-electron chi connectivity index (χ4n) is 3.17. The highest BCUT2D eigenvalue weighted by Gasteiger charge is 2.26. The summed E-state index contributed by atoms with van der Waals surface area (Å²) in [6.07, 6.45) is 0.830. The molecule has 6 nitrogen and oxygen atoms in total. The fraction of sp³-hybridized carbons (Fsp3) is 0.368. The van der Waals surface area contributed by atoms with E-state index in [9.17, 15) is 10.1 Å². The van der Waals surface area contributed by atoms with E-state index in [1.165, 1.54) is 25.6 Å². The molecule has 1 aliphatic rings. The van der Waals surface area contributed by atoms with Crippen molar-refractivity contribution in [3.8, 4) is 17.6 Å². The van der Waals surface area contributed by atoms with Gasteiger partial charge in [0.05, 0.1) is 19.8 Å². The van der Waals surface area contributed by atoms with Gasteiger partial charge in [-0.05, 0) is 30.7 Å². The lowest BCUT2D eigenvalue weighted by Gasteiger charge is -2.24. The summed E-state index contributed by atoms with van der Waals surface area (Å²) >= 11 is 1.48. The zero-order valence-corrected chi connectivity index (χ0v) is 15.9. The Bertz CT molecular complexity index is 847. The number of rotatable bonds is 5. The van der Waals surface area contributed by atoms with Crippen molar-refractivity contribution in [1.82, 2.24) is 4.90 Å². The first-order valence-electron chi connectivity index (χ1n) is 8.42. The second kappa shape index (κ2) is 7.77. The number of methoxy groups -OCH3 is 2. The number of carbonyl (C=O) groups is 1. The van der Waals surface area contributed by atoms with Crippen LogP contribution in [0.1, 0.15) is 33.3 Å². The number of likely N-dealkylation sites (N-methyl/N-ethyl adjacent to an activating group) is 1. The molecule has 1 aromatic carbocycles. The largest absolute Gasteiger partial charge is 0.496 e. The maximum Gasteiger partial charge on any atom is 0.263 e. The molecule has 2 aromatic rings. The lowest BCUT2D eigenvalue weighted by molar-refractivity contribution is 0.102. The molecule has 0 bridgehead atoms. The molecular weight excluding hydrogens is 350 g/mol. The second-order valence-electron chi connectivity index (χ2n) is 5.93. The number of nitrogens with one attached hydrogen (secondary N) is 1. The highest BCUT2D eigenvalue weighted by atomic mass is 32.1. The molecule has 7 heteroatoms. The van der Waals surface area contributed by atoms with Crippen molar-refractivity contribution in [3.05, 3.63) is 39.8 Å². The van der Waals surface area contributed by atoms with Gasteiger partial charge in [0.15, 0.2) is 0 Å². The normalized spacial score (nSPS) is 13.6. The molecule has 26 heavy (non-hydrogen) atoms. The molecule has 1 aliphatic heterocycles. The SMILES string of the molecule is CCN1CCc2c(sc(NC(=O)c3c(OC)cccc3OC)c2C#N)C1. The van der Waals surface area contributed by atoms with E-state index in [0.29, 0.717) is 27.6 Å². The van der Waals surface area contributed by atoms with E-state index in [1.54, 1.807) is 18.2 Å². The van der Waals surface area contributed by atoms with E-state index in [4.69, 9.17) is 9.47 Å². The average molecular weight is 371 g/mol. The van der Waals surface area contributed by atoms with Gasteiger partial charge in [-0.1, -0.05) is 13.0 Å². The first-order valence-corrected chi connectivity index (χ1v) is 9.23. The van der Waals surface area contributed by atoms with Gasteiger partial charge in [-0.3, -0.25) is 9.69 Å². The minimum Gasteiger partial charge on any atom is -0.496 e. The summed E-state index contributed by atoms with van der Waals surface area (Å²) in [5.41, 5.74) is 1.95. The van der Waals surface area contributed by atoms with E-state index in [2.05, 4.69) is 23.2 Å². The van der Waals surface area contributed by atoms with Gasteiger partial charge in [0.1, 0.15) is 28.1 Å². The number of ether oxygens (including phenoxy) is 2. The van der Waals surface area contributed by atoms with Crippen LogP contribution >= 0.6 is 11.3 Å². The molecule has 2 heterocycles. The minimum atomic E-state index is -0.346. The fourth-order valence-corrected chi connectivity index (χ4v) is 4.41. The molecule has 1 amide bonds. The number of thiophene rings is 1. The summed E-state index contributed by atoms with van der Waals surface area (Å²) in [5.74, 6) is 0.513. The summed E-state index contributed by atoms with van der Waals surface area (Å²) in [7, 11) is 3.02. The average Bonchev–Trinajstić information content (AvgIpc) is 3.02. The van der Waals surface area contributed by atoms with Crippen molar-refractivity contribution in [1.29, 1.82) is 5.26 Å². The smallest absolute Gasteiger partial charge is 0.263 e. The number of hydrogen-bond donors (Lipinski definition) is 1. The molecule has 0 unspecified atom stereocenters. The van der Waals surface area contributed by atoms with Crippen LogP contribution in [-0.4, -0.2) is 38.1 Å². The third-order valence-electron chi connectivity index (χ3n) is 4.58. The van der Waals surface area contributed by atoms with Crippen LogP contribution in [0.3, 0.4) is 0 Å². The summed E-state index contributed by atoms with van der Waals surface area (Å²) in [4.78, 5) is 16.4. The Hall–Kier alpha value is -2.56. The molecule has 136 valence electrons. The number of hydrogen-bond acceptors (Lipinski definition) is 6. The molecule has 0 aliphatic carbocycles. The predicted octanol–water partition coefficient (Wildman–Crippen LogP) is 3.27. The molecule has 0 fully saturated rings. The molecule has 1 aromatic heterocycles. The predicted molar refractivity (Wildman–Crippen MR) is 101 cm³/mol. The molecule has 1 N–H and O–H groups in total. The highest BCUT2D eigenvalue weighted by Crippen LogP contribution is 2.38. The van der Waals surface area contributed by atoms with Crippen LogP contribution in [0.25, 0.3) is 0 Å². The quantitative estimate of drug-likeness (QED) is 0.873. The van der Waals surface area contributed by atoms with Crippen LogP contribution in [0, 0.1) is 11.3 Å².